The van der Waals surface area contributed by atoms with Gasteiger partial charge in [0, 0.05) is 24.8 Å². The van der Waals surface area contributed by atoms with E-state index in [9.17, 15) is 4.39 Å². The fourth-order valence-corrected chi connectivity index (χ4v) is 2.62. The fourth-order valence-electron chi connectivity index (χ4n) is 2.62. The first-order valence-electron chi connectivity index (χ1n) is 6.92. The van der Waals surface area contributed by atoms with E-state index in [-0.39, 0.29) is 17.6 Å². The van der Waals surface area contributed by atoms with Crippen molar-refractivity contribution in [1.82, 2.24) is 15.1 Å². The molecule has 0 aliphatic carbocycles. The molecule has 1 atom stereocenters. The van der Waals surface area contributed by atoms with Crippen molar-refractivity contribution in [2.24, 2.45) is 0 Å². The molecular formula is C15H18FN3O2. The molecule has 1 N–H and O–H groups in total. The second kappa shape index (κ2) is 6.24. The monoisotopic (exact) mass is 291 g/mol. The minimum Gasteiger partial charge on any atom is -0.494 e. The van der Waals surface area contributed by atoms with Crippen molar-refractivity contribution in [2.75, 3.05) is 26.9 Å². The van der Waals surface area contributed by atoms with Crippen molar-refractivity contribution in [1.29, 1.82) is 0 Å². The minimum atomic E-state index is -0.296. The zero-order chi connectivity index (χ0) is 14.7. The molecule has 3 rings (SSSR count). The lowest BCUT2D eigenvalue weighted by Gasteiger charge is -2.35. The van der Waals surface area contributed by atoms with E-state index in [0.29, 0.717) is 25.3 Å². The predicted molar refractivity (Wildman–Crippen MR) is 75.5 cm³/mol. The van der Waals surface area contributed by atoms with Gasteiger partial charge < -0.3 is 9.47 Å². The van der Waals surface area contributed by atoms with Crippen LogP contribution in [-0.2, 0) is 11.3 Å². The van der Waals surface area contributed by atoms with Gasteiger partial charge in [0.2, 0.25) is 0 Å². The summed E-state index contributed by atoms with van der Waals surface area (Å²) in [5.41, 5.74) is 1.61. The van der Waals surface area contributed by atoms with Gasteiger partial charge in [-0.25, -0.2) is 4.39 Å². The predicted octanol–water partition coefficient (Wildman–Crippen LogP) is 2.13. The summed E-state index contributed by atoms with van der Waals surface area (Å²) in [6.07, 6.45) is 1.72. The van der Waals surface area contributed by atoms with Gasteiger partial charge in [0.25, 0.3) is 0 Å². The Hall–Kier alpha value is -1.92. The van der Waals surface area contributed by atoms with Crippen LogP contribution in [0, 0.1) is 5.82 Å². The summed E-state index contributed by atoms with van der Waals surface area (Å²) in [5.74, 6) is -0.0197. The van der Waals surface area contributed by atoms with E-state index < -0.39 is 0 Å². The lowest BCUT2D eigenvalue weighted by atomic mass is 10.1. The Labute approximate surface area is 122 Å². The van der Waals surface area contributed by atoms with Crippen molar-refractivity contribution in [3.8, 4) is 5.75 Å². The van der Waals surface area contributed by atoms with Gasteiger partial charge in [-0.2, -0.15) is 5.10 Å². The smallest absolute Gasteiger partial charge is 0.169 e. The summed E-state index contributed by atoms with van der Waals surface area (Å²) in [6, 6.07) is 7.21. The number of methoxy groups -OCH3 is 1. The van der Waals surface area contributed by atoms with Gasteiger partial charge in [-0.15, -0.1) is 0 Å². The molecule has 2 heterocycles. The number of aromatic amines is 1. The molecule has 1 aromatic carbocycles. The molecule has 0 radical (unpaired) electrons. The normalized spacial score (nSPS) is 19.6. The molecule has 1 aliphatic heterocycles. The van der Waals surface area contributed by atoms with Gasteiger partial charge in [0.15, 0.2) is 11.6 Å². The number of hydrogen-bond acceptors (Lipinski definition) is 4. The number of morpholine rings is 1. The third kappa shape index (κ3) is 2.91. The number of ether oxygens (including phenoxy) is 2. The summed E-state index contributed by atoms with van der Waals surface area (Å²) >= 11 is 0. The summed E-state index contributed by atoms with van der Waals surface area (Å²) in [4.78, 5) is 2.19. The van der Waals surface area contributed by atoms with Crippen LogP contribution in [0.5, 0.6) is 5.75 Å². The first-order chi connectivity index (χ1) is 10.3. The largest absolute Gasteiger partial charge is 0.494 e. The molecule has 2 aromatic rings. The van der Waals surface area contributed by atoms with Crippen molar-refractivity contribution in [2.45, 2.75) is 12.6 Å². The van der Waals surface area contributed by atoms with E-state index >= 15 is 0 Å². The van der Waals surface area contributed by atoms with Gasteiger partial charge in [0.1, 0.15) is 0 Å². The molecule has 21 heavy (non-hydrogen) atoms. The highest BCUT2D eigenvalue weighted by Crippen LogP contribution is 2.27. The summed E-state index contributed by atoms with van der Waals surface area (Å²) in [7, 11) is 1.48. The highest BCUT2D eigenvalue weighted by atomic mass is 19.1. The maximum Gasteiger partial charge on any atom is 0.169 e. The van der Waals surface area contributed by atoms with Gasteiger partial charge >= 0.3 is 0 Å². The number of rotatable bonds is 4. The molecule has 0 saturated carbocycles. The number of aromatic nitrogens is 2. The third-order valence-corrected chi connectivity index (χ3v) is 3.76. The van der Waals surface area contributed by atoms with Crippen LogP contribution in [0.25, 0.3) is 0 Å². The molecule has 0 spiro atoms. The number of nitrogens with zero attached hydrogens (tertiary/aromatic N) is 2. The average molecular weight is 291 g/mol. The van der Waals surface area contributed by atoms with Crippen LogP contribution in [0.2, 0.25) is 0 Å². The maximum atomic E-state index is 14.3. The minimum absolute atomic E-state index is 0.0619. The van der Waals surface area contributed by atoms with Crippen molar-refractivity contribution >= 4 is 0 Å². The molecule has 5 nitrogen and oxygen atoms in total. The molecule has 112 valence electrons. The van der Waals surface area contributed by atoms with E-state index in [1.54, 1.807) is 18.3 Å². The third-order valence-electron chi connectivity index (χ3n) is 3.76. The van der Waals surface area contributed by atoms with Crippen LogP contribution >= 0.6 is 0 Å². The first-order valence-corrected chi connectivity index (χ1v) is 6.92. The molecule has 1 saturated heterocycles. The van der Waals surface area contributed by atoms with Crippen LogP contribution in [0.3, 0.4) is 0 Å². The number of nitrogens with one attached hydrogen (secondary N) is 1. The summed E-state index contributed by atoms with van der Waals surface area (Å²) in [5, 5.41) is 6.95. The Bertz CT molecular complexity index is 589. The Morgan fingerprint density at radius 1 is 1.48 bits per heavy atom. The lowest BCUT2D eigenvalue weighted by molar-refractivity contribution is -0.0147. The molecule has 1 unspecified atom stereocenters. The number of benzene rings is 1. The van der Waals surface area contributed by atoms with E-state index in [2.05, 4.69) is 15.1 Å². The molecule has 6 heteroatoms. The zero-order valence-electron chi connectivity index (χ0n) is 11.9. The summed E-state index contributed by atoms with van der Waals surface area (Å²) in [6.45, 7) is 2.49. The number of hydrogen-bond donors (Lipinski definition) is 1. The van der Waals surface area contributed by atoms with Crippen LogP contribution in [0.15, 0.2) is 30.5 Å². The zero-order valence-corrected chi connectivity index (χ0v) is 11.9. The second-order valence-electron chi connectivity index (χ2n) is 5.01. The molecule has 1 aliphatic rings. The quantitative estimate of drug-likeness (QED) is 0.937. The van der Waals surface area contributed by atoms with Crippen LogP contribution in [0.4, 0.5) is 4.39 Å². The lowest BCUT2D eigenvalue weighted by Crippen LogP contribution is -2.39. The van der Waals surface area contributed by atoms with Crippen molar-refractivity contribution in [3.63, 3.8) is 0 Å². The van der Waals surface area contributed by atoms with E-state index in [1.807, 2.05) is 12.1 Å². The highest BCUT2D eigenvalue weighted by molar-refractivity contribution is 5.31. The Balaban J connectivity index is 1.82. The van der Waals surface area contributed by atoms with E-state index in [4.69, 9.17) is 9.47 Å². The Morgan fingerprint density at radius 2 is 2.38 bits per heavy atom. The van der Waals surface area contributed by atoms with Crippen molar-refractivity contribution < 1.29 is 13.9 Å². The molecule has 1 fully saturated rings. The Kier molecular flexibility index (Phi) is 4.17. The fraction of sp³-hybridized carbons (Fsp3) is 0.400. The summed E-state index contributed by atoms with van der Waals surface area (Å²) < 4.78 is 24.9. The molecule has 0 amide bonds. The van der Waals surface area contributed by atoms with Crippen LogP contribution < -0.4 is 4.74 Å². The number of H-pyrrole nitrogens is 1. The maximum absolute atomic E-state index is 14.3. The SMILES string of the molecule is COc1cccc(CN2CCOCC2c2ccn[nH]2)c1F. The first kappa shape index (κ1) is 14.0. The second-order valence-corrected chi connectivity index (χ2v) is 5.01. The molecule has 1 aromatic heterocycles. The van der Waals surface area contributed by atoms with Gasteiger partial charge in [0.05, 0.1) is 32.1 Å². The molecule has 0 bridgehead atoms. The van der Waals surface area contributed by atoms with E-state index in [0.717, 1.165) is 12.2 Å². The van der Waals surface area contributed by atoms with Gasteiger partial charge in [-0.3, -0.25) is 10.00 Å². The number of halogens is 1. The van der Waals surface area contributed by atoms with Gasteiger partial charge in [-0.1, -0.05) is 12.1 Å². The van der Waals surface area contributed by atoms with Crippen LogP contribution in [0.1, 0.15) is 17.3 Å². The standard InChI is InChI=1S/C15H18FN3O2/c1-20-14-4-2-3-11(15(14)16)9-19-7-8-21-10-13(19)12-5-6-17-18-12/h2-6,13H,7-10H2,1H3,(H,17,18). The van der Waals surface area contributed by atoms with Crippen molar-refractivity contribution in [3.05, 3.63) is 47.5 Å². The Morgan fingerprint density at radius 3 is 3.14 bits per heavy atom. The highest BCUT2D eigenvalue weighted by Gasteiger charge is 2.26. The van der Waals surface area contributed by atoms with Crippen LogP contribution in [-0.4, -0.2) is 42.0 Å². The topological polar surface area (TPSA) is 50.4 Å². The molecular weight excluding hydrogens is 273 g/mol. The average Bonchev–Trinajstić information content (AvgIpc) is 3.04. The van der Waals surface area contributed by atoms with E-state index in [1.165, 1.54) is 7.11 Å². The van der Waals surface area contributed by atoms with Gasteiger partial charge in [-0.05, 0) is 12.1 Å².